The molecule has 22 heavy (non-hydrogen) atoms. The molecule has 8 heteroatoms. The molecular formula is C14H11LiN2O3S2. The fraction of sp³-hybridized carbons (Fsp3) is 0.0714. The number of aromatic nitrogens is 1. The molecule has 3 rings (SSSR count). The van der Waals surface area contributed by atoms with Gasteiger partial charge in [0.2, 0.25) is 0 Å². The predicted octanol–water partition coefficient (Wildman–Crippen LogP) is -0.238. The number of hydrogen-bond acceptors (Lipinski definition) is 6. The summed E-state index contributed by atoms with van der Waals surface area (Å²) >= 11 is 1.19. The summed E-state index contributed by atoms with van der Waals surface area (Å²) < 4.78 is 34.8. The first-order valence-electron chi connectivity index (χ1n) is 6.08. The van der Waals surface area contributed by atoms with Gasteiger partial charge in [-0.15, -0.1) is 11.3 Å². The van der Waals surface area contributed by atoms with Crippen molar-refractivity contribution >= 4 is 37.4 Å². The standard InChI is InChI=1S/C14H12N2O3S2.Li/c1-8-2-7-11-12(13(8)21(17,18)19)20-14(16-11)9-3-5-10(15)6-4-9;/h2-7H,15H2,1H3,(H,17,18,19);/q;+1/p-1. The van der Waals surface area contributed by atoms with Gasteiger partial charge in [-0.05, 0) is 42.8 Å². The molecule has 1 aromatic heterocycles. The number of nitrogens with two attached hydrogens (primary N) is 1. The van der Waals surface area contributed by atoms with Crippen LogP contribution in [0.1, 0.15) is 5.56 Å². The molecule has 0 unspecified atom stereocenters. The molecule has 0 aliphatic rings. The third kappa shape index (κ3) is 3.04. The Labute approximate surface area is 144 Å². The Kier molecular flexibility index (Phi) is 4.66. The monoisotopic (exact) mass is 326 g/mol. The zero-order chi connectivity index (χ0) is 15.2. The summed E-state index contributed by atoms with van der Waals surface area (Å²) in [5.74, 6) is 0. The Morgan fingerprint density at radius 2 is 1.77 bits per heavy atom. The van der Waals surface area contributed by atoms with Gasteiger partial charge in [-0.2, -0.15) is 0 Å². The number of hydrogen-bond donors (Lipinski definition) is 1. The molecule has 0 aliphatic carbocycles. The smallest absolute Gasteiger partial charge is 0.744 e. The topological polar surface area (TPSA) is 96.1 Å². The van der Waals surface area contributed by atoms with Crippen molar-refractivity contribution in [1.82, 2.24) is 4.98 Å². The minimum Gasteiger partial charge on any atom is -0.744 e. The van der Waals surface area contributed by atoms with Crippen LogP contribution in [0.15, 0.2) is 41.3 Å². The van der Waals surface area contributed by atoms with Crippen LogP contribution in [0, 0.1) is 6.92 Å². The number of benzene rings is 2. The van der Waals surface area contributed by atoms with Gasteiger partial charge < -0.3 is 10.3 Å². The summed E-state index contributed by atoms with van der Waals surface area (Å²) in [4.78, 5) is 4.22. The second-order valence-electron chi connectivity index (χ2n) is 4.65. The largest absolute Gasteiger partial charge is 1.00 e. The quantitative estimate of drug-likeness (QED) is 0.398. The molecular weight excluding hydrogens is 315 g/mol. The van der Waals surface area contributed by atoms with Gasteiger partial charge in [-0.1, -0.05) is 6.07 Å². The summed E-state index contributed by atoms with van der Waals surface area (Å²) in [5, 5.41) is 0.653. The summed E-state index contributed by atoms with van der Waals surface area (Å²) in [5.41, 5.74) is 8.05. The van der Waals surface area contributed by atoms with E-state index in [2.05, 4.69) is 4.98 Å². The van der Waals surface area contributed by atoms with Crippen molar-refractivity contribution in [3.8, 4) is 10.6 Å². The van der Waals surface area contributed by atoms with Crippen LogP contribution < -0.4 is 24.6 Å². The summed E-state index contributed by atoms with van der Waals surface area (Å²) in [6, 6.07) is 10.4. The van der Waals surface area contributed by atoms with E-state index in [1.807, 2.05) is 12.1 Å². The van der Waals surface area contributed by atoms with Crippen LogP contribution in [0.25, 0.3) is 20.8 Å². The molecule has 0 fully saturated rings. The van der Waals surface area contributed by atoms with Crippen molar-refractivity contribution in [1.29, 1.82) is 0 Å². The molecule has 2 aromatic carbocycles. The van der Waals surface area contributed by atoms with Gasteiger partial charge in [0.1, 0.15) is 15.1 Å². The Morgan fingerprint density at radius 3 is 2.36 bits per heavy atom. The average molecular weight is 326 g/mol. The zero-order valence-corrected chi connectivity index (χ0v) is 13.7. The molecule has 0 spiro atoms. The predicted molar refractivity (Wildman–Crippen MR) is 82.2 cm³/mol. The van der Waals surface area contributed by atoms with Crippen LogP contribution in [0.4, 0.5) is 5.69 Å². The van der Waals surface area contributed by atoms with Gasteiger partial charge in [0.15, 0.2) is 0 Å². The molecule has 3 aromatic rings. The maximum Gasteiger partial charge on any atom is 1.00 e. The van der Waals surface area contributed by atoms with Crippen molar-refractivity contribution < 1.29 is 31.8 Å². The molecule has 5 nitrogen and oxygen atoms in total. The molecule has 0 saturated carbocycles. The van der Waals surface area contributed by atoms with Crippen LogP contribution in [-0.4, -0.2) is 18.0 Å². The Balaban J connectivity index is 0.00000176. The van der Waals surface area contributed by atoms with Crippen molar-refractivity contribution in [3.05, 3.63) is 42.0 Å². The Morgan fingerprint density at radius 1 is 1.14 bits per heavy atom. The van der Waals surface area contributed by atoms with E-state index in [4.69, 9.17) is 5.73 Å². The minimum atomic E-state index is -4.54. The van der Waals surface area contributed by atoms with Crippen molar-refractivity contribution in [2.24, 2.45) is 0 Å². The number of aryl methyl sites for hydroxylation is 1. The van der Waals surface area contributed by atoms with E-state index in [1.54, 1.807) is 31.2 Å². The first-order chi connectivity index (χ1) is 9.86. The molecule has 2 N–H and O–H groups in total. The van der Waals surface area contributed by atoms with Crippen LogP contribution in [-0.2, 0) is 10.1 Å². The van der Waals surface area contributed by atoms with Gasteiger partial charge in [-0.3, -0.25) is 0 Å². The second kappa shape index (κ2) is 6.03. The van der Waals surface area contributed by atoms with E-state index in [0.29, 0.717) is 26.5 Å². The van der Waals surface area contributed by atoms with Crippen LogP contribution in [0.5, 0.6) is 0 Å². The number of anilines is 1. The van der Waals surface area contributed by atoms with Gasteiger partial charge >= 0.3 is 18.9 Å². The molecule has 108 valence electrons. The van der Waals surface area contributed by atoms with Crippen LogP contribution in [0.2, 0.25) is 0 Å². The van der Waals surface area contributed by atoms with Crippen molar-refractivity contribution in [2.45, 2.75) is 11.8 Å². The fourth-order valence-electron chi connectivity index (χ4n) is 2.13. The molecule has 0 bridgehead atoms. The molecule has 0 atom stereocenters. The van der Waals surface area contributed by atoms with Crippen molar-refractivity contribution in [3.63, 3.8) is 0 Å². The maximum absolute atomic E-state index is 11.5. The van der Waals surface area contributed by atoms with Crippen LogP contribution >= 0.6 is 11.3 Å². The number of nitrogen functional groups attached to an aromatic ring is 1. The van der Waals surface area contributed by atoms with E-state index in [-0.39, 0.29) is 23.8 Å². The third-order valence-corrected chi connectivity index (χ3v) is 5.41. The van der Waals surface area contributed by atoms with E-state index in [1.165, 1.54) is 11.3 Å². The van der Waals surface area contributed by atoms with E-state index in [0.717, 1.165) is 5.56 Å². The fourth-order valence-corrected chi connectivity index (χ4v) is 4.41. The van der Waals surface area contributed by atoms with Gasteiger partial charge in [0.25, 0.3) is 0 Å². The number of rotatable bonds is 2. The Bertz CT molecular complexity index is 935. The second-order valence-corrected chi connectivity index (χ2v) is 6.97. The molecule has 0 aliphatic heterocycles. The molecule has 0 saturated heterocycles. The third-order valence-electron chi connectivity index (χ3n) is 3.12. The summed E-state index contributed by atoms with van der Waals surface area (Å²) in [6.45, 7) is 1.60. The Hall–Kier alpha value is -1.36. The van der Waals surface area contributed by atoms with E-state index >= 15 is 0 Å². The van der Waals surface area contributed by atoms with Crippen molar-refractivity contribution in [2.75, 3.05) is 5.73 Å². The first kappa shape index (κ1) is 17.0. The normalized spacial score (nSPS) is 11.4. The maximum atomic E-state index is 11.5. The molecule has 0 radical (unpaired) electrons. The molecule has 1 heterocycles. The summed E-state index contributed by atoms with van der Waals surface area (Å²) in [7, 11) is -4.54. The number of nitrogens with zero attached hydrogens (tertiary/aromatic N) is 1. The number of fused-ring (bicyclic) bond motifs is 1. The van der Waals surface area contributed by atoms with E-state index < -0.39 is 10.1 Å². The average Bonchev–Trinajstić information content (AvgIpc) is 2.81. The SMILES string of the molecule is Cc1ccc2nc(-c3ccc(N)cc3)sc2c1S(=O)(=O)[O-].[Li+]. The number of thiazole rings is 1. The van der Waals surface area contributed by atoms with Gasteiger partial charge in [-0.25, -0.2) is 13.4 Å². The zero-order valence-electron chi connectivity index (χ0n) is 12.0. The molecule has 0 amide bonds. The summed E-state index contributed by atoms with van der Waals surface area (Å²) in [6.07, 6.45) is 0. The minimum absolute atomic E-state index is 0. The van der Waals surface area contributed by atoms with Crippen LogP contribution in [0.3, 0.4) is 0 Å². The van der Waals surface area contributed by atoms with Gasteiger partial charge in [0, 0.05) is 11.3 Å². The van der Waals surface area contributed by atoms with E-state index in [9.17, 15) is 13.0 Å². The van der Waals surface area contributed by atoms with Gasteiger partial charge in [0.05, 0.1) is 15.1 Å². The first-order valence-corrected chi connectivity index (χ1v) is 8.31.